The second-order valence-corrected chi connectivity index (χ2v) is 6.34. The lowest BCUT2D eigenvalue weighted by molar-refractivity contribution is -0.147. The zero-order valence-electron chi connectivity index (χ0n) is 13.4. The van der Waals surface area contributed by atoms with E-state index in [0.717, 1.165) is 38.6 Å². The molecule has 1 saturated heterocycles. The van der Waals surface area contributed by atoms with Crippen LogP contribution in [0.2, 0.25) is 0 Å². The van der Waals surface area contributed by atoms with Crippen LogP contribution in [0.3, 0.4) is 0 Å². The van der Waals surface area contributed by atoms with E-state index < -0.39 is 24.1 Å². The summed E-state index contributed by atoms with van der Waals surface area (Å²) in [5, 5.41) is 12.3. The molecule has 1 aliphatic carbocycles. The number of amides is 1. The van der Waals surface area contributed by atoms with Crippen LogP contribution in [-0.4, -0.2) is 47.4 Å². The standard InChI is InChI=1S/C16H28N2O4/c1-2-3-11-22-16(21)17-14-13(15(19)20)9-6-10-18(14)12-7-4-5-8-12/h12-14H,2-11H2,1H3,(H,17,21)(H,19,20). The minimum absolute atomic E-state index is 0.385. The molecule has 22 heavy (non-hydrogen) atoms. The van der Waals surface area contributed by atoms with Gasteiger partial charge in [0.1, 0.15) is 0 Å². The number of carbonyl (C=O) groups excluding carboxylic acids is 1. The predicted octanol–water partition coefficient (Wildman–Crippen LogP) is 2.58. The van der Waals surface area contributed by atoms with Gasteiger partial charge < -0.3 is 15.2 Å². The minimum Gasteiger partial charge on any atom is -0.481 e. The van der Waals surface area contributed by atoms with Crippen molar-refractivity contribution >= 4 is 12.1 Å². The first-order valence-corrected chi connectivity index (χ1v) is 8.55. The van der Waals surface area contributed by atoms with Gasteiger partial charge in [-0.05, 0) is 32.1 Å². The number of alkyl carbamates (subject to hydrolysis) is 1. The molecule has 0 aromatic heterocycles. The van der Waals surface area contributed by atoms with Crippen LogP contribution in [0, 0.1) is 5.92 Å². The Morgan fingerprint density at radius 3 is 2.59 bits per heavy atom. The lowest BCUT2D eigenvalue weighted by Gasteiger charge is -2.42. The van der Waals surface area contributed by atoms with E-state index >= 15 is 0 Å². The Kier molecular flexibility index (Phi) is 6.49. The molecule has 2 unspecified atom stereocenters. The zero-order chi connectivity index (χ0) is 15.9. The highest BCUT2D eigenvalue weighted by molar-refractivity contribution is 5.73. The number of hydrogen-bond donors (Lipinski definition) is 2. The van der Waals surface area contributed by atoms with Crippen molar-refractivity contribution in [2.45, 2.75) is 70.5 Å². The molecule has 2 aliphatic rings. The maximum absolute atomic E-state index is 12.0. The summed E-state index contributed by atoms with van der Waals surface area (Å²) >= 11 is 0. The molecule has 2 atom stereocenters. The smallest absolute Gasteiger partial charge is 0.408 e. The molecule has 2 fully saturated rings. The molecular formula is C16H28N2O4. The average Bonchev–Trinajstić information content (AvgIpc) is 3.01. The Hall–Kier alpha value is -1.30. The number of carbonyl (C=O) groups is 2. The molecule has 0 spiro atoms. The normalized spacial score (nSPS) is 26.8. The number of unbranched alkanes of at least 4 members (excludes halogenated alkanes) is 1. The van der Waals surface area contributed by atoms with Gasteiger partial charge in [-0.15, -0.1) is 0 Å². The van der Waals surface area contributed by atoms with Gasteiger partial charge in [0.2, 0.25) is 0 Å². The SMILES string of the molecule is CCCCOC(=O)NC1C(C(=O)O)CCCN1C1CCCC1. The van der Waals surface area contributed by atoms with Crippen LogP contribution in [0.5, 0.6) is 0 Å². The Morgan fingerprint density at radius 2 is 1.95 bits per heavy atom. The van der Waals surface area contributed by atoms with Gasteiger partial charge in [0.05, 0.1) is 18.7 Å². The molecule has 1 heterocycles. The van der Waals surface area contributed by atoms with Gasteiger partial charge in [-0.3, -0.25) is 9.69 Å². The van der Waals surface area contributed by atoms with Crippen molar-refractivity contribution in [1.82, 2.24) is 10.2 Å². The summed E-state index contributed by atoms with van der Waals surface area (Å²) < 4.78 is 5.15. The number of carboxylic acids is 1. The number of likely N-dealkylation sites (tertiary alicyclic amines) is 1. The third-order valence-corrected chi connectivity index (χ3v) is 4.78. The van der Waals surface area contributed by atoms with Crippen molar-refractivity contribution in [3.8, 4) is 0 Å². The highest BCUT2D eigenvalue weighted by atomic mass is 16.5. The molecule has 6 nitrogen and oxygen atoms in total. The van der Waals surface area contributed by atoms with E-state index in [1.807, 2.05) is 6.92 Å². The summed E-state index contributed by atoms with van der Waals surface area (Å²) in [6.07, 6.45) is 6.90. The largest absolute Gasteiger partial charge is 0.481 e. The van der Waals surface area contributed by atoms with Crippen molar-refractivity contribution in [3.63, 3.8) is 0 Å². The first kappa shape index (κ1) is 17.1. The monoisotopic (exact) mass is 312 g/mol. The van der Waals surface area contributed by atoms with E-state index in [1.165, 1.54) is 12.8 Å². The first-order valence-electron chi connectivity index (χ1n) is 8.55. The fraction of sp³-hybridized carbons (Fsp3) is 0.875. The van der Waals surface area contributed by atoms with Gasteiger partial charge in [-0.2, -0.15) is 0 Å². The van der Waals surface area contributed by atoms with Crippen LogP contribution in [0.4, 0.5) is 4.79 Å². The van der Waals surface area contributed by atoms with Crippen LogP contribution in [0.15, 0.2) is 0 Å². The number of hydrogen-bond acceptors (Lipinski definition) is 4. The summed E-state index contributed by atoms with van der Waals surface area (Å²) in [6, 6.07) is 0.392. The molecule has 0 radical (unpaired) electrons. The molecule has 1 aliphatic heterocycles. The van der Waals surface area contributed by atoms with Gasteiger partial charge in [-0.1, -0.05) is 26.2 Å². The van der Waals surface area contributed by atoms with Crippen molar-refractivity contribution < 1.29 is 19.4 Å². The Balaban J connectivity index is 2.00. The molecule has 1 amide bonds. The number of rotatable bonds is 6. The highest BCUT2D eigenvalue weighted by Crippen LogP contribution is 2.31. The summed E-state index contributed by atoms with van der Waals surface area (Å²) in [7, 11) is 0. The highest BCUT2D eigenvalue weighted by Gasteiger charge is 2.40. The van der Waals surface area contributed by atoms with Crippen molar-refractivity contribution in [3.05, 3.63) is 0 Å². The zero-order valence-corrected chi connectivity index (χ0v) is 13.4. The Morgan fingerprint density at radius 1 is 1.23 bits per heavy atom. The van der Waals surface area contributed by atoms with Crippen LogP contribution >= 0.6 is 0 Å². The fourth-order valence-corrected chi connectivity index (χ4v) is 3.58. The van der Waals surface area contributed by atoms with E-state index in [-0.39, 0.29) is 0 Å². The van der Waals surface area contributed by atoms with Crippen LogP contribution in [0.25, 0.3) is 0 Å². The second-order valence-electron chi connectivity index (χ2n) is 6.34. The summed E-state index contributed by atoms with van der Waals surface area (Å²) in [5.41, 5.74) is 0. The van der Waals surface area contributed by atoms with Crippen LogP contribution < -0.4 is 5.32 Å². The molecule has 0 aromatic carbocycles. The molecule has 2 rings (SSSR count). The molecule has 126 valence electrons. The summed E-state index contributed by atoms with van der Waals surface area (Å²) in [4.78, 5) is 25.7. The maximum Gasteiger partial charge on any atom is 0.408 e. The van der Waals surface area contributed by atoms with Gasteiger partial charge in [0.15, 0.2) is 0 Å². The van der Waals surface area contributed by atoms with Gasteiger partial charge in [0.25, 0.3) is 0 Å². The Bertz CT molecular complexity index is 382. The number of nitrogens with zero attached hydrogens (tertiary/aromatic N) is 1. The molecule has 0 bridgehead atoms. The summed E-state index contributed by atoms with van der Waals surface area (Å²) in [5.74, 6) is -1.38. The van der Waals surface area contributed by atoms with Crippen molar-refractivity contribution in [2.24, 2.45) is 5.92 Å². The molecule has 2 N–H and O–H groups in total. The van der Waals surface area contributed by atoms with Gasteiger partial charge >= 0.3 is 12.1 Å². The number of ether oxygens (including phenoxy) is 1. The second kappa shape index (κ2) is 8.36. The van der Waals surface area contributed by atoms with Gasteiger partial charge in [-0.25, -0.2) is 4.79 Å². The number of carboxylic acid groups (broad SMARTS) is 1. The van der Waals surface area contributed by atoms with E-state index in [4.69, 9.17) is 4.74 Å². The number of piperidine rings is 1. The first-order chi connectivity index (χ1) is 10.6. The third-order valence-electron chi connectivity index (χ3n) is 4.78. The topological polar surface area (TPSA) is 78.9 Å². The van der Waals surface area contributed by atoms with Crippen molar-refractivity contribution in [1.29, 1.82) is 0 Å². The fourth-order valence-electron chi connectivity index (χ4n) is 3.58. The molecule has 0 aromatic rings. The van der Waals surface area contributed by atoms with E-state index in [0.29, 0.717) is 19.1 Å². The van der Waals surface area contributed by atoms with Crippen molar-refractivity contribution in [2.75, 3.05) is 13.2 Å². The predicted molar refractivity (Wildman–Crippen MR) is 82.5 cm³/mol. The van der Waals surface area contributed by atoms with Crippen LogP contribution in [-0.2, 0) is 9.53 Å². The molecule has 6 heteroatoms. The van der Waals surface area contributed by atoms with E-state index in [9.17, 15) is 14.7 Å². The lowest BCUT2D eigenvalue weighted by atomic mass is 9.92. The molecular weight excluding hydrogens is 284 g/mol. The maximum atomic E-state index is 12.0. The minimum atomic E-state index is -0.832. The van der Waals surface area contributed by atoms with Gasteiger partial charge in [0, 0.05) is 12.6 Å². The molecule has 1 saturated carbocycles. The number of aliphatic carboxylic acids is 1. The number of nitrogens with one attached hydrogen (secondary N) is 1. The lowest BCUT2D eigenvalue weighted by Crippen LogP contribution is -2.59. The third kappa shape index (κ3) is 4.35. The Labute approximate surface area is 132 Å². The van der Waals surface area contributed by atoms with E-state index in [2.05, 4.69) is 10.2 Å². The summed E-state index contributed by atoms with van der Waals surface area (Å²) in [6.45, 7) is 3.27. The van der Waals surface area contributed by atoms with E-state index in [1.54, 1.807) is 0 Å². The van der Waals surface area contributed by atoms with Crippen LogP contribution in [0.1, 0.15) is 58.3 Å². The average molecular weight is 312 g/mol. The quantitative estimate of drug-likeness (QED) is 0.737.